The van der Waals surface area contributed by atoms with Gasteiger partial charge in [-0.3, -0.25) is 0 Å². The van der Waals surface area contributed by atoms with Crippen LogP contribution in [-0.4, -0.2) is 39.9 Å². The molecule has 0 rings (SSSR count). The molecule has 0 saturated carbocycles. The molecule has 0 radical (unpaired) electrons. The van der Waals surface area contributed by atoms with Crippen molar-refractivity contribution in [2.75, 3.05) is 26.1 Å². The predicted octanol–water partition coefficient (Wildman–Crippen LogP) is 2.33. The number of ether oxygens (including phenoxy) is 1. The Hall–Kier alpha value is -0.0131. The van der Waals surface area contributed by atoms with Crippen LogP contribution < -0.4 is 0 Å². The molecule has 0 saturated heterocycles. The predicted molar refractivity (Wildman–Crippen MR) is 69.5 cm³/mol. The first-order valence-electron chi connectivity index (χ1n) is 5.71. The molecule has 0 aromatic heterocycles. The average Bonchev–Trinajstić information content (AvgIpc) is 2.27. The molecule has 0 heterocycles. The smallest absolute Gasteiger partial charge is 0.482 e. The van der Waals surface area contributed by atoms with Crippen LogP contribution in [0.3, 0.4) is 0 Å². The first-order chi connectivity index (χ1) is 7.64. The Morgan fingerprint density at radius 3 is 1.69 bits per heavy atom. The topological polar surface area (TPSA) is 36.9 Å². The Morgan fingerprint density at radius 2 is 1.38 bits per heavy atom. The Kier molecular flexibility index (Phi) is 9.05. The summed E-state index contributed by atoms with van der Waals surface area (Å²) in [7, 11) is -2.68. The Morgan fingerprint density at radius 1 is 0.938 bits per heavy atom. The van der Waals surface area contributed by atoms with Crippen molar-refractivity contribution in [2.45, 2.75) is 34.1 Å². The average molecular weight is 266 g/mol. The minimum atomic E-state index is -2.68. The van der Waals surface area contributed by atoms with Gasteiger partial charge < -0.3 is 18.0 Å². The first-order valence-corrected chi connectivity index (χ1v) is 8.05. The summed E-state index contributed by atoms with van der Waals surface area (Å²) >= 11 is 5.01. The molecule has 0 fully saturated rings. The van der Waals surface area contributed by atoms with Crippen LogP contribution >= 0.6 is 12.2 Å². The van der Waals surface area contributed by atoms with Gasteiger partial charge in [0, 0.05) is 26.2 Å². The van der Waals surface area contributed by atoms with Crippen molar-refractivity contribution in [3.05, 3.63) is 0 Å². The van der Waals surface area contributed by atoms with Crippen LogP contribution in [0.2, 0.25) is 0 Å². The van der Waals surface area contributed by atoms with Crippen molar-refractivity contribution in [2.24, 2.45) is 0 Å². The van der Waals surface area contributed by atoms with Crippen LogP contribution in [0, 0.1) is 0 Å². The molecule has 0 aliphatic heterocycles. The maximum absolute atomic E-state index is 5.62. The quantitative estimate of drug-likeness (QED) is 0.473. The maximum atomic E-state index is 5.62. The Bertz CT molecular complexity index is 184. The summed E-state index contributed by atoms with van der Waals surface area (Å²) in [6.45, 7) is 9.35. The fourth-order valence-electron chi connectivity index (χ4n) is 1.18. The van der Waals surface area contributed by atoms with Gasteiger partial charge in [-0.1, -0.05) is 6.92 Å². The normalized spacial score (nSPS) is 11.5. The van der Waals surface area contributed by atoms with Gasteiger partial charge in [0.1, 0.15) is 0 Å². The lowest BCUT2D eigenvalue weighted by atomic mass is 10.5. The van der Waals surface area contributed by atoms with Crippen molar-refractivity contribution in [1.82, 2.24) is 0 Å². The van der Waals surface area contributed by atoms with E-state index in [1.807, 2.05) is 27.7 Å². The van der Waals surface area contributed by atoms with Gasteiger partial charge in [0.05, 0.1) is 0 Å². The van der Waals surface area contributed by atoms with E-state index in [2.05, 4.69) is 0 Å². The fourth-order valence-corrected chi connectivity index (χ4v) is 3.51. The summed E-state index contributed by atoms with van der Waals surface area (Å²) in [5.74, 6) is 0. The standard InChI is InChI=1S/C10H22O4SSi/c1-5-10(15)11-9-16(12-6-2,13-7-3)14-8-4/h5-9H2,1-4H3. The molecule has 0 amide bonds. The molecular formula is C10H22O4SSi. The van der Waals surface area contributed by atoms with E-state index in [-0.39, 0.29) is 0 Å². The van der Waals surface area contributed by atoms with Crippen molar-refractivity contribution in [3.8, 4) is 0 Å². The lowest BCUT2D eigenvalue weighted by molar-refractivity contribution is 0.0526. The Labute approximate surface area is 105 Å². The zero-order chi connectivity index (χ0) is 12.4. The van der Waals surface area contributed by atoms with Crippen LogP contribution in [-0.2, 0) is 18.0 Å². The van der Waals surface area contributed by atoms with Crippen molar-refractivity contribution in [3.63, 3.8) is 0 Å². The lowest BCUT2D eigenvalue weighted by Crippen LogP contribution is -2.51. The van der Waals surface area contributed by atoms with Crippen molar-refractivity contribution >= 4 is 26.1 Å². The van der Waals surface area contributed by atoms with Gasteiger partial charge in [0.2, 0.25) is 0 Å². The molecule has 4 nitrogen and oxygen atoms in total. The fraction of sp³-hybridized carbons (Fsp3) is 0.900. The summed E-state index contributed by atoms with van der Waals surface area (Å²) in [6, 6.07) is 0. The third-order valence-electron chi connectivity index (χ3n) is 1.79. The first kappa shape index (κ1) is 16.0. The van der Waals surface area contributed by atoms with Gasteiger partial charge in [0.15, 0.2) is 11.3 Å². The molecule has 0 aromatic carbocycles. The minimum absolute atomic E-state index is 0.301. The lowest BCUT2D eigenvalue weighted by Gasteiger charge is -2.28. The van der Waals surface area contributed by atoms with E-state index in [0.717, 1.165) is 0 Å². The van der Waals surface area contributed by atoms with E-state index in [1.54, 1.807) is 0 Å². The maximum Gasteiger partial charge on any atom is 0.540 e. The molecule has 0 aliphatic carbocycles. The molecule has 16 heavy (non-hydrogen) atoms. The highest BCUT2D eigenvalue weighted by Gasteiger charge is 2.42. The summed E-state index contributed by atoms with van der Waals surface area (Å²) < 4.78 is 22.3. The van der Waals surface area contributed by atoms with Crippen molar-refractivity contribution in [1.29, 1.82) is 0 Å². The van der Waals surface area contributed by atoms with Crippen LogP contribution in [0.4, 0.5) is 0 Å². The second kappa shape index (κ2) is 9.06. The monoisotopic (exact) mass is 266 g/mol. The molecule has 0 unspecified atom stereocenters. The van der Waals surface area contributed by atoms with E-state index in [9.17, 15) is 0 Å². The van der Waals surface area contributed by atoms with E-state index in [0.29, 0.717) is 37.5 Å². The highest BCUT2D eigenvalue weighted by Crippen LogP contribution is 2.11. The van der Waals surface area contributed by atoms with E-state index in [1.165, 1.54) is 0 Å². The van der Waals surface area contributed by atoms with Gasteiger partial charge in [-0.15, -0.1) is 0 Å². The molecule has 0 aliphatic rings. The highest BCUT2D eigenvalue weighted by atomic mass is 32.1. The zero-order valence-electron chi connectivity index (χ0n) is 10.6. The number of hydrogen-bond donors (Lipinski definition) is 0. The van der Waals surface area contributed by atoms with E-state index < -0.39 is 8.80 Å². The third-order valence-corrected chi connectivity index (χ3v) is 4.88. The molecule has 0 spiro atoms. The summed E-state index contributed by atoms with van der Waals surface area (Å²) in [5, 5.41) is 0.566. The molecular weight excluding hydrogens is 244 g/mol. The van der Waals surface area contributed by atoms with Gasteiger partial charge in [-0.2, -0.15) is 0 Å². The van der Waals surface area contributed by atoms with Gasteiger partial charge in [0.25, 0.3) is 0 Å². The van der Waals surface area contributed by atoms with Crippen LogP contribution in [0.5, 0.6) is 0 Å². The second-order valence-electron chi connectivity index (χ2n) is 3.00. The van der Waals surface area contributed by atoms with Crippen LogP contribution in [0.15, 0.2) is 0 Å². The minimum Gasteiger partial charge on any atom is -0.482 e. The van der Waals surface area contributed by atoms with E-state index >= 15 is 0 Å². The van der Waals surface area contributed by atoms with Gasteiger partial charge in [-0.25, -0.2) is 0 Å². The second-order valence-corrected chi connectivity index (χ2v) is 5.97. The van der Waals surface area contributed by atoms with Crippen LogP contribution in [0.25, 0.3) is 0 Å². The molecule has 0 N–H and O–H groups in total. The summed E-state index contributed by atoms with van der Waals surface area (Å²) in [4.78, 5) is 0. The van der Waals surface area contributed by atoms with Crippen LogP contribution in [0.1, 0.15) is 34.1 Å². The zero-order valence-corrected chi connectivity index (χ0v) is 12.4. The number of rotatable bonds is 9. The SMILES string of the molecule is CCO[Si](COC(=S)CC)(OCC)OCC. The van der Waals surface area contributed by atoms with Gasteiger partial charge in [-0.05, 0) is 33.0 Å². The molecule has 6 heteroatoms. The summed E-state index contributed by atoms with van der Waals surface area (Å²) in [5.41, 5.74) is 0. The molecule has 0 bridgehead atoms. The van der Waals surface area contributed by atoms with Gasteiger partial charge >= 0.3 is 8.80 Å². The summed E-state index contributed by atoms with van der Waals surface area (Å²) in [6.07, 6.45) is 1.01. The molecule has 0 aromatic rings. The van der Waals surface area contributed by atoms with Crippen molar-refractivity contribution < 1.29 is 18.0 Å². The number of thiocarbonyl (C=S) groups is 1. The number of hydrogen-bond acceptors (Lipinski definition) is 5. The molecule has 0 atom stereocenters. The highest BCUT2D eigenvalue weighted by molar-refractivity contribution is 7.80. The Balaban J connectivity index is 4.39. The van der Waals surface area contributed by atoms with E-state index in [4.69, 9.17) is 30.2 Å². The molecule has 96 valence electrons. The third kappa shape index (κ3) is 5.91. The largest absolute Gasteiger partial charge is 0.540 e.